The van der Waals surface area contributed by atoms with Crippen LogP contribution in [0.1, 0.15) is 20.8 Å². The number of aliphatic carboxylic acids is 1. The molecule has 0 aliphatic rings. The molecule has 0 amide bonds. The number of carboxylic acid groups (broad SMARTS) is 1. The van der Waals surface area contributed by atoms with E-state index in [4.69, 9.17) is 5.11 Å². The summed E-state index contributed by atoms with van der Waals surface area (Å²) in [5.41, 5.74) is -1.11. The van der Waals surface area contributed by atoms with Gasteiger partial charge in [-0.05, 0) is 20.4 Å². The minimum absolute atomic E-state index is 0.145. The molecule has 0 aromatic rings. The second kappa shape index (κ2) is 6.20. The van der Waals surface area contributed by atoms with E-state index in [0.29, 0.717) is 6.54 Å². The van der Waals surface area contributed by atoms with Crippen LogP contribution < -0.4 is 0 Å². The zero-order valence-electron chi connectivity index (χ0n) is 10.2. The summed E-state index contributed by atoms with van der Waals surface area (Å²) in [6.45, 7) is 3.86. The second-order valence-corrected chi connectivity index (χ2v) is 4.11. The maximum atomic E-state index is 11.8. The van der Waals surface area contributed by atoms with Crippen LogP contribution in [0.5, 0.6) is 0 Å². The Hall–Kier alpha value is -0.820. The Labute approximate surface area is 98.3 Å². The first kappa shape index (κ1) is 16.2. The number of carbonyl (C=O) groups is 1. The van der Waals surface area contributed by atoms with Crippen LogP contribution in [0, 0.1) is 0 Å². The molecule has 7 heteroatoms. The van der Waals surface area contributed by atoms with Gasteiger partial charge in [-0.1, -0.05) is 6.92 Å². The van der Waals surface area contributed by atoms with Crippen LogP contribution in [-0.4, -0.2) is 54.0 Å². The Morgan fingerprint density at radius 3 is 2.24 bits per heavy atom. The summed E-state index contributed by atoms with van der Waals surface area (Å²) in [6, 6.07) is 0. The van der Waals surface area contributed by atoms with E-state index < -0.39 is 24.3 Å². The third kappa shape index (κ3) is 5.88. The van der Waals surface area contributed by atoms with Crippen LogP contribution in [0.3, 0.4) is 0 Å². The van der Waals surface area contributed by atoms with E-state index in [1.807, 2.05) is 0 Å². The van der Waals surface area contributed by atoms with Crippen molar-refractivity contribution in [1.29, 1.82) is 0 Å². The van der Waals surface area contributed by atoms with Crippen LogP contribution in [-0.2, 0) is 9.53 Å². The smallest absolute Gasteiger partial charge is 0.411 e. The topological polar surface area (TPSA) is 49.8 Å². The highest BCUT2D eigenvalue weighted by Crippen LogP contribution is 2.16. The Kier molecular flexibility index (Phi) is 5.91. The molecule has 0 rings (SSSR count). The minimum atomic E-state index is -4.35. The average molecular weight is 257 g/mol. The number of halogens is 3. The molecule has 0 saturated carbocycles. The van der Waals surface area contributed by atoms with Crippen LogP contribution in [0.15, 0.2) is 0 Å². The molecule has 17 heavy (non-hydrogen) atoms. The monoisotopic (exact) mass is 257 g/mol. The molecule has 0 spiro atoms. The first-order valence-electron chi connectivity index (χ1n) is 5.24. The molecule has 1 N–H and O–H groups in total. The van der Waals surface area contributed by atoms with Crippen molar-refractivity contribution in [3.05, 3.63) is 0 Å². The number of carboxylic acids is 1. The van der Waals surface area contributed by atoms with E-state index in [9.17, 15) is 18.0 Å². The van der Waals surface area contributed by atoms with Crippen molar-refractivity contribution >= 4 is 5.97 Å². The SMILES string of the molecule is CCN(CCOCC(F)(F)F)C(C)(C)C(=O)O. The third-order valence-corrected chi connectivity index (χ3v) is 2.47. The van der Waals surface area contributed by atoms with E-state index in [2.05, 4.69) is 4.74 Å². The normalized spacial score (nSPS) is 13.1. The van der Waals surface area contributed by atoms with Gasteiger partial charge < -0.3 is 9.84 Å². The van der Waals surface area contributed by atoms with Gasteiger partial charge in [0.05, 0.1) is 6.61 Å². The molecule has 0 aromatic heterocycles. The van der Waals surface area contributed by atoms with Crippen molar-refractivity contribution in [2.24, 2.45) is 0 Å². The van der Waals surface area contributed by atoms with E-state index in [1.165, 1.54) is 13.8 Å². The Bertz CT molecular complexity index is 254. The summed E-state index contributed by atoms with van der Waals surface area (Å²) in [5, 5.41) is 8.97. The molecule has 0 bridgehead atoms. The van der Waals surface area contributed by atoms with Gasteiger partial charge >= 0.3 is 12.1 Å². The van der Waals surface area contributed by atoms with E-state index in [0.717, 1.165) is 0 Å². The quantitative estimate of drug-likeness (QED) is 0.706. The number of nitrogens with zero attached hydrogens (tertiary/aromatic N) is 1. The number of rotatable bonds is 7. The van der Waals surface area contributed by atoms with Crippen molar-refractivity contribution in [3.63, 3.8) is 0 Å². The zero-order valence-corrected chi connectivity index (χ0v) is 10.2. The number of alkyl halides is 3. The average Bonchev–Trinajstić information content (AvgIpc) is 2.15. The van der Waals surface area contributed by atoms with Gasteiger partial charge in [0.15, 0.2) is 0 Å². The fourth-order valence-corrected chi connectivity index (χ4v) is 1.33. The lowest BCUT2D eigenvalue weighted by atomic mass is 10.0. The molecule has 0 unspecified atom stereocenters. The molecule has 0 radical (unpaired) electrons. The summed E-state index contributed by atoms with van der Waals surface area (Å²) < 4.78 is 39.8. The van der Waals surface area contributed by atoms with Crippen molar-refractivity contribution < 1.29 is 27.8 Å². The standard InChI is InChI=1S/C10H18F3NO3/c1-4-14(9(2,3)8(15)16)5-6-17-7-10(11,12)13/h4-7H2,1-3H3,(H,15,16). The summed E-state index contributed by atoms with van der Waals surface area (Å²) in [5.74, 6) is -1.02. The van der Waals surface area contributed by atoms with Gasteiger partial charge in [-0.2, -0.15) is 13.2 Å². The Balaban J connectivity index is 4.12. The highest BCUT2D eigenvalue weighted by Gasteiger charge is 2.33. The van der Waals surface area contributed by atoms with E-state index in [1.54, 1.807) is 11.8 Å². The van der Waals surface area contributed by atoms with Crippen molar-refractivity contribution in [1.82, 2.24) is 4.90 Å². The highest BCUT2D eigenvalue weighted by molar-refractivity contribution is 5.77. The van der Waals surface area contributed by atoms with Gasteiger partial charge in [0.2, 0.25) is 0 Å². The van der Waals surface area contributed by atoms with Crippen molar-refractivity contribution in [2.75, 3.05) is 26.3 Å². The van der Waals surface area contributed by atoms with E-state index in [-0.39, 0.29) is 13.2 Å². The summed E-state index contributed by atoms with van der Waals surface area (Å²) in [7, 11) is 0. The van der Waals surface area contributed by atoms with Crippen LogP contribution in [0.2, 0.25) is 0 Å². The number of likely N-dealkylation sites (N-methyl/N-ethyl adjacent to an activating group) is 1. The molecule has 0 atom stereocenters. The molecule has 0 saturated heterocycles. The molecular weight excluding hydrogens is 239 g/mol. The molecular formula is C10H18F3NO3. The fraction of sp³-hybridized carbons (Fsp3) is 0.900. The lowest BCUT2D eigenvalue weighted by molar-refractivity contribution is -0.176. The van der Waals surface area contributed by atoms with Crippen LogP contribution in [0.25, 0.3) is 0 Å². The molecule has 0 fully saturated rings. The number of hydrogen-bond acceptors (Lipinski definition) is 3. The highest BCUT2D eigenvalue weighted by atomic mass is 19.4. The fourth-order valence-electron chi connectivity index (χ4n) is 1.33. The molecule has 0 aliphatic heterocycles. The summed E-state index contributed by atoms with van der Waals surface area (Å²) in [4.78, 5) is 12.5. The Morgan fingerprint density at radius 2 is 1.88 bits per heavy atom. The molecule has 102 valence electrons. The predicted octanol–water partition coefficient (Wildman–Crippen LogP) is 1.75. The molecule has 4 nitrogen and oxygen atoms in total. The minimum Gasteiger partial charge on any atom is -0.480 e. The second-order valence-electron chi connectivity index (χ2n) is 4.11. The summed E-state index contributed by atoms with van der Waals surface area (Å²) >= 11 is 0. The van der Waals surface area contributed by atoms with Gasteiger partial charge in [-0.25, -0.2) is 0 Å². The van der Waals surface area contributed by atoms with Crippen LogP contribution in [0.4, 0.5) is 13.2 Å². The van der Waals surface area contributed by atoms with Gasteiger partial charge in [-0.3, -0.25) is 9.69 Å². The number of ether oxygens (including phenoxy) is 1. The van der Waals surface area contributed by atoms with E-state index >= 15 is 0 Å². The van der Waals surface area contributed by atoms with Crippen LogP contribution >= 0.6 is 0 Å². The van der Waals surface area contributed by atoms with Gasteiger partial charge in [0.1, 0.15) is 12.1 Å². The predicted molar refractivity (Wildman–Crippen MR) is 55.8 cm³/mol. The summed E-state index contributed by atoms with van der Waals surface area (Å²) in [6.07, 6.45) is -4.35. The van der Waals surface area contributed by atoms with Gasteiger partial charge in [0, 0.05) is 6.54 Å². The third-order valence-electron chi connectivity index (χ3n) is 2.47. The Morgan fingerprint density at radius 1 is 1.35 bits per heavy atom. The lowest BCUT2D eigenvalue weighted by Gasteiger charge is -2.33. The maximum Gasteiger partial charge on any atom is 0.411 e. The molecule has 0 heterocycles. The van der Waals surface area contributed by atoms with Crippen molar-refractivity contribution in [3.8, 4) is 0 Å². The number of hydrogen-bond donors (Lipinski definition) is 1. The van der Waals surface area contributed by atoms with Gasteiger partial charge in [-0.15, -0.1) is 0 Å². The largest absolute Gasteiger partial charge is 0.480 e. The lowest BCUT2D eigenvalue weighted by Crippen LogP contribution is -2.51. The first-order chi connectivity index (χ1) is 7.61. The maximum absolute atomic E-state index is 11.8. The first-order valence-corrected chi connectivity index (χ1v) is 5.24. The molecule has 0 aliphatic carbocycles. The molecule has 0 aromatic carbocycles. The zero-order chi connectivity index (χ0) is 13.7. The van der Waals surface area contributed by atoms with Crippen molar-refractivity contribution in [2.45, 2.75) is 32.5 Å². The van der Waals surface area contributed by atoms with Gasteiger partial charge in [0.25, 0.3) is 0 Å².